The minimum absolute atomic E-state index is 0.0858. The van der Waals surface area contributed by atoms with Crippen LogP contribution in [0.15, 0.2) is 0 Å². The predicted octanol–water partition coefficient (Wildman–Crippen LogP) is 8.09. The molecule has 0 saturated carbocycles. The third-order valence-electron chi connectivity index (χ3n) is 4.47. The molecule has 0 fully saturated rings. The van der Waals surface area contributed by atoms with Crippen LogP contribution in [0.5, 0.6) is 0 Å². The molecule has 0 aromatic carbocycles. The Bertz CT molecular complexity index is 192. The van der Waals surface area contributed by atoms with Crippen molar-refractivity contribution < 1.29 is 0 Å². The van der Waals surface area contributed by atoms with Crippen molar-refractivity contribution in [2.45, 2.75) is 115 Å². The third kappa shape index (κ3) is 13.9. The first kappa shape index (κ1) is 21.6. The summed E-state index contributed by atoms with van der Waals surface area (Å²) in [5.41, 5.74) is 0. The van der Waals surface area contributed by atoms with Gasteiger partial charge in [0.2, 0.25) is 0 Å². The van der Waals surface area contributed by atoms with Gasteiger partial charge in [0.15, 0.2) is 0 Å². The molecule has 0 nitrogen and oxygen atoms in total. The molecule has 0 rings (SSSR count). The van der Waals surface area contributed by atoms with Crippen molar-refractivity contribution in [2.24, 2.45) is 0 Å². The van der Waals surface area contributed by atoms with Crippen LogP contribution in [0.3, 0.4) is 0 Å². The van der Waals surface area contributed by atoms with Gasteiger partial charge >= 0.3 is 0 Å². The molecule has 0 bridgehead atoms. The number of unbranched alkanes of at least 4 members (excludes halogenated alkanes) is 9. The normalized spacial score (nSPS) is 12.0. The fourth-order valence-electron chi connectivity index (χ4n) is 3.00. The fourth-order valence-corrected chi connectivity index (χ4v) is 3.59. The molecule has 0 aliphatic rings. The van der Waals surface area contributed by atoms with E-state index in [4.69, 9.17) is 23.2 Å². The molecule has 21 heavy (non-hydrogen) atoms. The topological polar surface area (TPSA) is 0 Å². The number of hydrogen-bond acceptors (Lipinski definition) is 0. The average molecular weight is 337 g/mol. The van der Waals surface area contributed by atoms with E-state index in [-0.39, 0.29) is 4.87 Å². The number of halogens is 2. The molecule has 0 aromatic heterocycles. The predicted molar refractivity (Wildman–Crippen MR) is 99.9 cm³/mol. The van der Waals surface area contributed by atoms with Crippen molar-refractivity contribution in [3.8, 4) is 0 Å². The van der Waals surface area contributed by atoms with Crippen molar-refractivity contribution in [1.29, 1.82) is 0 Å². The van der Waals surface area contributed by atoms with E-state index in [0.29, 0.717) is 0 Å². The second-order valence-electron chi connectivity index (χ2n) is 6.63. The fraction of sp³-hybridized carbons (Fsp3) is 1.00. The van der Waals surface area contributed by atoms with Gasteiger partial charge in [-0.25, -0.2) is 0 Å². The van der Waals surface area contributed by atoms with E-state index in [1.807, 2.05) is 0 Å². The zero-order valence-electron chi connectivity index (χ0n) is 14.6. The second-order valence-corrected chi connectivity index (χ2v) is 7.81. The van der Waals surface area contributed by atoms with Crippen LogP contribution in [0.25, 0.3) is 0 Å². The van der Waals surface area contributed by atoms with Crippen molar-refractivity contribution >= 4 is 23.2 Å². The van der Waals surface area contributed by atoms with Crippen LogP contribution in [0, 0.1) is 0 Å². The SMILES string of the molecule is CCCCCCC(Cl)(CCCCCC)CCCCCCCl. The van der Waals surface area contributed by atoms with E-state index < -0.39 is 0 Å². The van der Waals surface area contributed by atoms with Gasteiger partial charge in [-0.1, -0.05) is 84.5 Å². The van der Waals surface area contributed by atoms with Crippen molar-refractivity contribution in [1.82, 2.24) is 0 Å². The molecule has 2 heteroatoms. The van der Waals surface area contributed by atoms with E-state index >= 15 is 0 Å². The van der Waals surface area contributed by atoms with Gasteiger partial charge in [-0.2, -0.15) is 0 Å². The summed E-state index contributed by atoms with van der Waals surface area (Å²) in [5.74, 6) is 0.806. The molecule has 0 saturated heterocycles. The third-order valence-corrected chi connectivity index (χ3v) is 5.30. The van der Waals surface area contributed by atoms with Gasteiger partial charge < -0.3 is 0 Å². The first-order valence-electron chi connectivity index (χ1n) is 9.43. The van der Waals surface area contributed by atoms with Crippen LogP contribution in [0.1, 0.15) is 110 Å². The largest absolute Gasteiger partial charge is 0.127 e. The van der Waals surface area contributed by atoms with E-state index in [9.17, 15) is 0 Å². The van der Waals surface area contributed by atoms with Crippen LogP contribution in [0.4, 0.5) is 0 Å². The highest BCUT2D eigenvalue weighted by atomic mass is 35.5. The van der Waals surface area contributed by atoms with E-state index in [0.717, 1.165) is 12.3 Å². The highest BCUT2D eigenvalue weighted by molar-refractivity contribution is 6.23. The summed E-state index contributed by atoms with van der Waals surface area (Å²) in [5, 5.41) is 0. The van der Waals surface area contributed by atoms with Gasteiger partial charge in [0.1, 0.15) is 0 Å². The average Bonchev–Trinajstić information content (AvgIpc) is 2.48. The van der Waals surface area contributed by atoms with E-state index in [2.05, 4.69) is 13.8 Å². The maximum atomic E-state index is 6.98. The van der Waals surface area contributed by atoms with Crippen LogP contribution >= 0.6 is 23.2 Å². The molecular weight excluding hydrogens is 299 g/mol. The molecule has 0 N–H and O–H groups in total. The summed E-state index contributed by atoms with van der Waals surface area (Å²) in [7, 11) is 0. The second kappa shape index (κ2) is 15.5. The molecule has 0 unspecified atom stereocenters. The molecule has 0 heterocycles. The lowest BCUT2D eigenvalue weighted by Crippen LogP contribution is -2.21. The maximum Gasteiger partial charge on any atom is 0.0446 e. The number of alkyl halides is 2. The monoisotopic (exact) mass is 336 g/mol. The molecule has 0 spiro atoms. The Morgan fingerprint density at radius 2 is 0.952 bits per heavy atom. The van der Waals surface area contributed by atoms with Crippen LogP contribution in [-0.4, -0.2) is 10.8 Å². The standard InChI is InChI=1S/C19H38Cl2/c1-3-5-7-11-15-19(21,16-12-8-6-4-2)17-13-9-10-14-18-20/h3-18H2,1-2H3. The van der Waals surface area contributed by atoms with Crippen molar-refractivity contribution in [3.63, 3.8) is 0 Å². The Morgan fingerprint density at radius 1 is 0.571 bits per heavy atom. The molecule has 0 atom stereocenters. The first-order valence-corrected chi connectivity index (χ1v) is 10.3. The Morgan fingerprint density at radius 3 is 1.33 bits per heavy atom. The summed E-state index contributed by atoms with van der Waals surface area (Å²) < 4.78 is 0. The molecule has 0 amide bonds. The Kier molecular flexibility index (Phi) is 15.9. The van der Waals surface area contributed by atoms with Crippen LogP contribution in [-0.2, 0) is 0 Å². The highest BCUT2D eigenvalue weighted by Gasteiger charge is 2.25. The van der Waals surface area contributed by atoms with Gasteiger partial charge in [-0.15, -0.1) is 23.2 Å². The van der Waals surface area contributed by atoms with Gasteiger partial charge in [0.05, 0.1) is 0 Å². The van der Waals surface area contributed by atoms with Crippen molar-refractivity contribution in [2.75, 3.05) is 5.88 Å². The minimum atomic E-state index is 0.0858. The molecule has 128 valence electrons. The number of rotatable bonds is 16. The maximum absolute atomic E-state index is 6.98. The minimum Gasteiger partial charge on any atom is -0.127 e. The zero-order chi connectivity index (χ0) is 15.8. The molecule has 0 aliphatic heterocycles. The quantitative estimate of drug-likeness (QED) is 0.197. The zero-order valence-corrected chi connectivity index (χ0v) is 16.1. The van der Waals surface area contributed by atoms with Crippen molar-refractivity contribution in [3.05, 3.63) is 0 Å². The van der Waals surface area contributed by atoms with Gasteiger partial charge in [-0.05, 0) is 25.7 Å². The Balaban J connectivity index is 3.98. The smallest absolute Gasteiger partial charge is 0.0446 e. The molecule has 0 radical (unpaired) electrons. The number of hydrogen-bond donors (Lipinski definition) is 0. The lowest BCUT2D eigenvalue weighted by molar-refractivity contribution is 0.399. The van der Waals surface area contributed by atoms with Crippen LogP contribution in [0.2, 0.25) is 0 Å². The summed E-state index contributed by atoms with van der Waals surface area (Å²) in [6, 6.07) is 0. The van der Waals surface area contributed by atoms with E-state index in [1.165, 1.54) is 89.9 Å². The van der Waals surface area contributed by atoms with Gasteiger partial charge in [-0.3, -0.25) is 0 Å². The highest BCUT2D eigenvalue weighted by Crippen LogP contribution is 2.35. The Labute approximate surface area is 144 Å². The van der Waals surface area contributed by atoms with E-state index in [1.54, 1.807) is 0 Å². The molecular formula is C19H38Cl2. The Hall–Kier alpha value is 0.580. The molecule has 0 aromatic rings. The summed E-state index contributed by atoms with van der Waals surface area (Å²) in [6.45, 7) is 4.55. The van der Waals surface area contributed by atoms with Crippen LogP contribution < -0.4 is 0 Å². The summed E-state index contributed by atoms with van der Waals surface area (Å²) in [6.07, 6.45) is 19.3. The lowest BCUT2D eigenvalue weighted by Gasteiger charge is -2.27. The summed E-state index contributed by atoms with van der Waals surface area (Å²) >= 11 is 12.7. The lowest BCUT2D eigenvalue weighted by atomic mass is 9.88. The van der Waals surface area contributed by atoms with Gasteiger partial charge in [0.25, 0.3) is 0 Å². The first-order chi connectivity index (χ1) is 10.2. The van der Waals surface area contributed by atoms with Gasteiger partial charge in [0, 0.05) is 10.8 Å². The summed E-state index contributed by atoms with van der Waals surface area (Å²) in [4.78, 5) is 0.0858. The molecule has 0 aliphatic carbocycles.